The van der Waals surface area contributed by atoms with Gasteiger partial charge in [-0.2, -0.15) is 5.10 Å². The lowest BCUT2D eigenvalue weighted by atomic mass is 10.1. The maximum absolute atomic E-state index is 13.2. The van der Waals surface area contributed by atoms with Crippen molar-refractivity contribution in [3.8, 4) is 22.6 Å². The Kier molecular flexibility index (Phi) is 4.77. The molecule has 8 heteroatoms. The number of hydrogen-bond acceptors (Lipinski definition) is 5. The second-order valence-corrected chi connectivity index (χ2v) is 8.37. The zero-order valence-corrected chi connectivity index (χ0v) is 18.3. The molecule has 1 aliphatic heterocycles. The summed E-state index contributed by atoms with van der Waals surface area (Å²) in [6, 6.07) is 15.2. The summed E-state index contributed by atoms with van der Waals surface area (Å²) in [5.41, 5.74) is 4.07. The van der Waals surface area contributed by atoms with Gasteiger partial charge in [0.15, 0.2) is 17.1 Å². The molecule has 0 N–H and O–H groups in total. The topological polar surface area (TPSA) is 70.7 Å². The number of rotatable bonds is 3. The molecule has 6 rings (SSSR count). The summed E-state index contributed by atoms with van der Waals surface area (Å²) in [5.74, 6) is 1.46. The minimum absolute atomic E-state index is 0.127. The Morgan fingerprint density at radius 3 is 2.64 bits per heavy atom. The first-order valence-electron chi connectivity index (χ1n) is 10.7. The fourth-order valence-electron chi connectivity index (χ4n) is 4.12. The van der Waals surface area contributed by atoms with Crippen LogP contribution in [0.15, 0.2) is 71.9 Å². The average Bonchev–Trinajstić information content (AvgIpc) is 3.13. The zero-order valence-electron chi connectivity index (χ0n) is 17.6. The summed E-state index contributed by atoms with van der Waals surface area (Å²) in [6.45, 7) is 1.68. The molecule has 4 heterocycles. The van der Waals surface area contributed by atoms with Crippen molar-refractivity contribution in [2.45, 2.75) is 13.0 Å². The van der Waals surface area contributed by atoms with Crippen LogP contribution in [0.2, 0.25) is 5.02 Å². The number of benzene rings is 2. The van der Waals surface area contributed by atoms with E-state index in [4.69, 9.17) is 21.1 Å². The lowest BCUT2D eigenvalue weighted by molar-refractivity contribution is 0.297. The van der Waals surface area contributed by atoms with Gasteiger partial charge in [-0.05, 0) is 41.5 Å². The molecule has 0 saturated carbocycles. The minimum atomic E-state index is -0.127. The van der Waals surface area contributed by atoms with Gasteiger partial charge in [0, 0.05) is 29.4 Å². The molecule has 0 saturated heterocycles. The fourth-order valence-corrected chi connectivity index (χ4v) is 4.24. The third-order valence-corrected chi connectivity index (χ3v) is 6.04. The van der Waals surface area contributed by atoms with Gasteiger partial charge in [-0.25, -0.2) is 9.50 Å². The van der Waals surface area contributed by atoms with Crippen molar-refractivity contribution in [2.24, 2.45) is 0 Å². The first-order chi connectivity index (χ1) is 16.2. The van der Waals surface area contributed by atoms with Crippen LogP contribution >= 0.6 is 11.6 Å². The highest BCUT2D eigenvalue weighted by Crippen LogP contribution is 2.31. The van der Waals surface area contributed by atoms with Gasteiger partial charge in [0.05, 0.1) is 36.9 Å². The Morgan fingerprint density at radius 2 is 1.79 bits per heavy atom. The number of aromatic nitrogens is 4. The summed E-state index contributed by atoms with van der Waals surface area (Å²) in [4.78, 5) is 17.8. The molecule has 164 valence electrons. The molecule has 0 aliphatic carbocycles. The number of ether oxygens (including phenoxy) is 2. The first-order valence-corrected chi connectivity index (χ1v) is 11.1. The molecule has 0 spiro atoms. The van der Waals surface area contributed by atoms with E-state index in [2.05, 4.69) is 10.1 Å². The summed E-state index contributed by atoms with van der Waals surface area (Å²) in [6.07, 6.45) is 6.02. The van der Waals surface area contributed by atoms with Crippen LogP contribution in [0.25, 0.3) is 27.7 Å². The Bertz CT molecular complexity index is 1560. The lowest BCUT2D eigenvalue weighted by Crippen LogP contribution is -2.21. The van der Waals surface area contributed by atoms with Crippen LogP contribution < -0.4 is 15.0 Å². The number of hydrogen-bond donors (Lipinski definition) is 0. The predicted molar refractivity (Wildman–Crippen MR) is 126 cm³/mol. The van der Waals surface area contributed by atoms with Crippen LogP contribution in [-0.2, 0) is 6.54 Å². The van der Waals surface area contributed by atoms with Crippen molar-refractivity contribution < 1.29 is 9.47 Å². The molecule has 0 amide bonds. The third-order valence-electron chi connectivity index (χ3n) is 5.79. The SMILES string of the molecule is O=c1c2cnc3c(-c4ccc(Cl)cc4)cnn3c2ccn1Cc1ccc2c(c1)OCCCO2. The van der Waals surface area contributed by atoms with E-state index < -0.39 is 0 Å². The monoisotopic (exact) mass is 458 g/mol. The highest BCUT2D eigenvalue weighted by atomic mass is 35.5. The molecule has 0 unspecified atom stereocenters. The maximum atomic E-state index is 13.2. The summed E-state index contributed by atoms with van der Waals surface area (Å²) in [5, 5.41) is 5.67. The molecular weight excluding hydrogens is 440 g/mol. The molecule has 5 aromatic rings. The minimum Gasteiger partial charge on any atom is -0.490 e. The van der Waals surface area contributed by atoms with Crippen LogP contribution in [-0.4, -0.2) is 32.4 Å². The first kappa shape index (κ1) is 19.8. The molecule has 0 radical (unpaired) electrons. The van der Waals surface area contributed by atoms with E-state index in [1.165, 1.54) is 0 Å². The summed E-state index contributed by atoms with van der Waals surface area (Å²) in [7, 11) is 0. The van der Waals surface area contributed by atoms with Gasteiger partial charge in [-0.15, -0.1) is 0 Å². The quantitative estimate of drug-likeness (QED) is 0.396. The lowest BCUT2D eigenvalue weighted by Gasteiger charge is -2.11. The molecule has 3 aromatic heterocycles. The van der Waals surface area contributed by atoms with Crippen molar-refractivity contribution in [1.82, 2.24) is 19.2 Å². The van der Waals surface area contributed by atoms with Gasteiger partial charge in [-0.3, -0.25) is 4.79 Å². The number of halogens is 1. The highest BCUT2D eigenvalue weighted by Gasteiger charge is 2.14. The Morgan fingerprint density at radius 1 is 0.970 bits per heavy atom. The van der Waals surface area contributed by atoms with E-state index >= 15 is 0 Å². The van der Waals surface area contributed by atoms with Gasteiger partial charge in [0.2, 0.25) is 0 Å². The van der Waals surface area contributed by atoms with E-state index in [0.29, 0.717) is 47.1 Å². The molecule has 2 aromatic carbocycles. The van der Waals surface area contributed by atoms with E-state index in [1.807, 2.05) is 48.5 Å². The third kappa shape index (κ3) is 3.50. The van der Waals surface area contributed by atoms with Crippen LogP contribution in [0.4, 0.5) is 0 Å². The molecule has 7 nitrogen and oxygen atoms in total. The van der Waals surface area contributed by atoms with Crippen LogP contribution in [0, 0.1) is 0 Å². The summed E-state index contributed by atoms with van der Waals surface area (Å²) < 4.78 is 14.8. The average molecular weight is 459 g/mol. The van der Waals surface area contributed by atoms with Gasteiger partial charge >= 0.3 is 0 Å². The smallest absolute Gasteiger partial charge is 0.261 e. The Balaban J connectivity index is 1.39. The predicted octanol–water partition coefficient (Wildman–Crippen LogP) is 4.57. The number of nitrogens with zero attached hydrogens (tertiary/aromatic N) is 4. The van der Waals surface area contributed by atoms with Gasteiger partial charge < -0.3 is 14.0 Å². The van der Waals surface area contributed by atoms with Gasteiger partial charge in [-0.1, -0.05) is 29.8 Å². The molecule has 1 aliphatic rings. The number of pyridine rings is 1. The molecule has 0 bridgehead atoms. The maximum Gasteiger partial charge on any atom is 0.261 e. The van der Waals surface area contributed by atoms with Crippen LogP contribution in [0.5, 0.6) is 11.5 Å². The fraction of sp³-hybridized carbons (Fsp3) is 0.160. The van der Waals surface area contributed by atoms with Crippen LogP contribution in [0.1, 0.15) is 12.0 Å². The molecule has 0 atom stereocenters. The van der Waals surface area contributed by atoms with E-state index in [-0.39, 0.29) is 5.56 Å². The van der Waals surface area contributed by atoms with Gasteiger partial charge in [0.25, 0.3) is 5.56 Å². The van der Waals surface area contributed by atoms with Crippen molar-refractivity contribution >= 4 is 28.2 Å². The second kappa shape index (κ2) is 7.94. The van der Waals surface area contributed by atoms with Crippen molar-refractivity contribution in [1.29, 1.82) is 0 Å². The Hall–Kier alpha value is -3.84. The van der Waals surface area contributed by atoms with E-state index in [0.717, 1.165) is 28.9 Å². The van der Waals surface area contributed by atoms with E-state index in [9.17, 15) is 4.79 Å². The van der Waals surface area contributed by atoms with Crippen molar-refractivity contribution in [2.75, 3.05) is 13.2 Å². The largest absolute Gasteiger partial charge is 0.490 e. The van der Waals surface area contributed by atoms with Crippen LogP contribution in [0.3, 0.4) is 0 Å². The molecule has 0 fully saturated rings. The molecular formula is C25H19ClN4O3. The number of fused-ring (bicyclic) bond motifs is 4. The van der Waals surface area contributed by atoms with Gasteiger partial charge in [0.1, 0.15) is 0 Å². The second-order valence-electron chi connectivity index (χ2n) is 7.94. The zero-order chi connectivity index (χ0) is 22.4. The van der Waals surface area contributed by atoms with Crippen molar-refractivity contribution in [3.05, 3.63) is 88.1 Å². The van der Waals surface area contributed by atoms with Crippen molar-refractivity contribution in [3.63, 3.8) is 0 Å². The normalized spacial score (nSPS) is 13.4. The van der Waals surface area contributed by atoms with E-state index in [1.54, 1.807) is 27.7 Å². The Labute approximate surface area is 193 Å². The summed E-state index contributed by atoms with van der Waals surface area (Å²) >= 11 is 6.02. The highest BCUT2D eigenvalue weighted by molar-refractivity contribution is 6.30. The standard InChI is InChI=1S/C25H19ClN4O3/c26-18-5-3-17(4-6-18)19-14-28-30-21-8-9-29(25(31)20(21)13-27-24(19)30)15-16-2-7-22-23(12-16)33-11-1-10-32-22/h2-9,12-14H,1,10-11,15H2. The molecule has 33 heavy (non-hydrogen) atoms.